The quantitative estimate of drug-likeness (QED) is 0.844. The topological polar surface area (TPSA) is 56.0 Å². The summed E-state index contributed by atoms with van der Waals surface area (Å²) in [4.78, 5) is 13.8. The van der Waals surface area contributed by atoms with Crippen LogP contribution < -0.4 is 0 Å². The second-order valence-corrected chi connectivity index (χ2v) is 5.06. The summed E-state index contributed by atoms with van der Waals surface area (Å²) in [6.07, 6.45) is 3.41. The fourth-order valence-electron chi connectivity index (χ4n) is 1.94. The molecule has 0 aliphatic heterocycles. The monoisotopic (exact) mass is 295 g/mol. The minimum Gasteiger partial charge on any atom is -0.338 e. The number of amides is 1. The molecule has 0 radical (unpaired) electrons. The van der Waals surface area contributed by atoms with Crippen LogP contribution in [0.1, 0.15) is 18.3 Å². The Labute approximate surface area is 122 Å². The van der Waals surface area contributed by atoms with Gasteiger partial charge in [0.25, 0.3) is 0 Å². The summed E-state index contributed by atoms with van der Waals surface area (Å²) >= 11 is 5.93. The molecular formula is C13H18ClN5O. The fraction of sp³-hybridized carbons (Fsp3) is 0.462. The van der Waals surface area contributed by atoms with Gasteiger partial charge in [0.05, 0.1) is 23.0 Å². The van der Waals surface area contributed by atoms with Gasteiger partial charge in [-0.3, -0.25) is 14.2 Å². The largest absolute Gasteiger partial charge is 0.338 e. The molecule has 2 aromatic rings. The van der Waals surface area contributed by atoms with Gasteiger partial charge in [0.15, 0.2) is 0 Å². The highest BCUT2D eigenvalue weighted by Crippen LogP contribution is 2.12. The van der Waals surface area contributed by atoms with E-state index in [0.717, 1.165) is 17.9 Å². The Morgan fingerprint density at radius 3 is 2.85 bits per heavy atom. The molecule has 0 aromatic carbocycles. The number of aromatic nitrogens is 4. The number of nitrogens with zero attached hydrogens (tertiary/aromatic N) is 5. The van der Waals surface area contributed by atoms with Crippen LogP contribution in [0.5, 0.6) is 0 Å². The number of carbonyl (C=O) groups is 1. The van der Waals surface area contributed by atoms with Gasteiger partial charge in [-0.15, -0.1) is 0 Å². The lowest BCUT2D eigenvalue weighted by atomic mass is 10.3. The van der Waals surface area contributed by atoms with Crippen LogP contribution in [-0.4, -0.2) is 37.4 Å². The first kappa shape index (κ1) is 14.6. The first-order valence-corrected chi connectivity index (χ1v) is 6.83. The number of rotatable bonds is 5. The number of hydrogen-bond acceptors (Lipinski definition) is 3. The van der Waals surface area contributed by atoms with Crippen molar-refractivity contribution >= 4 is 17.5 Å². The summed E-state index contributed by atoms with van der Waals surface area (Å²) in [7, 11) is 1.77. The maximum atomic E-state index is 12.2. The molecule has 2 aromatic heterocycles. The highest BCUT2D eigenvalue weighted by Gasteiger charge is 2.13. The van der Waals surface area contributed by atoms with Crippen molar-refractivity contribution in [1.29, 1.82) is 0 Å². The Balaban J connectivity index is 1.98. The van der Waals surface area contributed by atoms with Gasteiger partial charge in [-0.05, 0) is 19.9 Å². The van der Waals surface area contributed by atoms with Crippen molar-refractivity contribution in [2.24, 2.45) is 0 Å². The molecule has 0 aliphatic rings. The molecule has 0 atom stereocenters. The van der Waals surface area contributed by atoms with Gasteiger partial charge in [0.1, 0.15) is 6.54 Å². The summed E-state index contributed by atoms with van der Waals surface area (Å²) in [5.74, 6) is -0.0204. The van der Waals surface area contributed by atoms with Gasteiger partial charge >= 0.3 is 0 Å². The molecule has 7 heteroatoms. The predicted molar refractivity (Wildman–Crippen MR) is 76.3 cm³/mol. The van der Waals surface area contributed by atoms with Gasteiger partial charge < -0.3 is 4.90 Å². The van der Waals surface area contributed by atoms with E-state index in [1.54, 1.807) is 29.0 Å². The Hall–Kier alpha value is -1.82. The molecule has 0 aliphatic carbocycles. The Bertz CT molecular complexity index is 584. The average molecular weight is 296 g/mol. The average Bonchev–Trinajstić information content (AvgIpc) is 2.96. The van der Waals surface area contributed by atoms with E-state index in [2.05, 4.69) is 10.2 Å². The molecule has 2 heterocycles. The van der Waals surface area contributed by atoms with Crippen LogP contribution in [0, 0.1) is 6.92 Å². The second kappa shape index (κ2) is 6.09. The summed E-state index contributed by atoms with van der Waals surface area (Å²) in [6, 6.07) is 1.92. The summed E-state index contributed by atoms with van der Waals surface area (Å²) < 4.78 is 3.44. The van der Waals surface area contributed by atoms with Crippen LogP contribution in [0.25, 0.3) is 0 Å². The highest BCUT2D eigenvalue weighted by atomic mass is 35.5. The summed E-state index contributed by atoms with van der Waals surface area (Å²) in [6.45, 7) is 5.34. The van der Waals surface area contributed by atoms with Crippen molar-refractivity contribution in [3.63, 3.8) is 0 Å². The van der Waals surface area contributed by atoms with Crippen LogP contribution >= 0.6 is 11.6 Å². The van der Waals surface area contributed by atoms with E-state index in [1.165, 1.54) is 0 Å². The van der Waals surface area contributed by atoms with Gasteiger partial charge in [-0.2, -0.15) is 10.2 Å². The zero-order valence-electron chi connectivity index (χ0n) is 11.9. The first-order chi connectivity index (χ1) is 9.51. The van der Waals surface area contributed by atoms with Crippen LogP contribution in [0.2, 0.25) is 5.02 Å². The zero-order chi connectivity index (χ0) is 14.7. The van der Waals surface area contributed by atoms with Crippen LogP contribution in [0.4, 0.5) is 0 Å². The molecular weight excluding hydrogens is 278 g/mol. The number of aryl methyl sites for hydroxylation is 2. The second-order valence-electron chi connectivity index (χ2n) is 4.65. The standard InChI is InChI=1S/C13H18ClN5O/c1-4-19-11(5-6-15-19)7-17(3)13(20)9-18-8-12(14)10(2)16-18/h5-6,8H,4,7,9H2,1-3H3. The Morgan fingerprint density at radius 2 is 2.25 bits per heavy atom. The summed E-state index contributed by atoms with van der Waals surface area (Å²) in [5.41, 5.74) is 1.74. The molecule has 1 amide bonds. The van der Waals surface area contributed by atoms with E-state index in [-0.39, 0.29) is 12.5 Å². The van der Waals surface area contributed by atoms with E-state index >= 15 is 0 Å². The normalized spacial score (nSPS) is 10.8. The molecule has 0 N–H and O–H groups in total. The van der Waals surface area contributed by atoms with Crippen molar-refractivity contribution in [3.8, 4) is 0 Å². The first-order valence-electron chi connectivity index (χ1n) is 6.45. The maximum absolute atomic E-state index is 12.2. The highest BCUT2D eigenvalue weighted by molar-refractivity contribution is 6.31. The minimum atomic E-state index is -0.0204. The molecule has 6 nitrogen and oxygen atoms in total. The zero-order valence-corrected chi connectivity index (χ0v) is 12.6. The lowest BCUT2D eigenvalue weighted by Gasteiger charge is -2.17. The number of halogens is 1. The third kappa shape index (κ3) is 3.19. The Morgan fingerprint density at radius 1 is 1.50 bits per heavy atom. The van der Waals surface area contributed by atoms with Crippen molar-refractivity contribution in [3.05, 3.63) is 34.9 Å². The van der Waals surface area contributed by atoms with Crippen LogP contribution in [0.3, 0.4) is 0 Å². The molecule has 20 heavy (non-hydrogen) atoms. The van der Waals surface area contributed by atoms with E-state index in [1.807, 2.05) is 24.6 Å². The van der Waals surface area contributed by atoms with E-state index in [0.29, 0.717) is 11.6 Å². The molecule has 0 saturated carbocycles. The van der Waals surface area contributed by atoms with Crippen LogP contribution in [0.15, 0.2) is 18.5 Å². The van der Waals surface area contributed by atoms with Crippen molar-refractivity contribution in [2.45, 2.75) is 33.5 Å². The van der Waals surface area contributed by atoms with E-state index < -0.39 is 0 Å². The maximum Gasteiger partial charge on any atom is 0.244 e. The lowest BCUT2D eigenvalue weighted by Crippen LogP contribution is -2.30. The van der Waals surface area contributed by atoms with Crippen molar-refractivity contribution in [2.75, 3.05) is 7.05 Å². The van der Waals surface area contributed by atoms with Gasteiger partial charge in [-0.25, -0.2) is 0 Å². The third-order valence-corrected chi connectivity index (χ3v) is 3.48. The Kier molecular flexibility index (Phi) is 4.44. The van der Waals surface area contributed by atoms with Crippen molar-refractivity contribution < 1.29 is 4.79 Å². The van der Waals surface area contributed by atoms with E-state index in [4.69, 9.17) is 11.6 Å². The smallest absolute Gasteiger partial charge is 0.244 e. The molecule has 0 bridgehead atoms. The third-order valence-electron chi connectivity index (χ3n) is 3.11. The molecule has 2 rings (SSSR count). The van der Waals surface area contributed by atoms with Gasteiger partial charge in [0, 0.05) is 26.0 Å². The molecule has 108 valence electrons. The molecule has 0 spiro atoms. The predicted octanol–water partition coefficient (Wildman–Crippen LogP) is 1.72. The molecule has 0 fully saturated rings. The van der Waals surface area contributed by atoms with Crippen LogP contribution in [-0.2, 0) is 24.4 Å². The van der Waals surface area contributed by atoms with Crippen molar-refractivity contribution in [1.82, 2.24) is 24.5 Å². The number of likely N-dealkylation sites (N-methyl/N-ethyl adjacent to an activating group) is 1. The lowest BCUT2D eigenvalue weighted by molar-refractivity contribution is -0.131. The van der Waals surface area contributed by atoms with Gasteiger partial charge in [0.2, 0.25) is 5.91 Å². The summed E-state index contributed by atoms with van der Waals surface area (Å²) in [5, 5.41) is 8.95. The number of hydrogen-bond donors (Lipinski definition) is 0. The molecule has 0 unspecified atom stereocenters. The fourth-order valence-corrected chi connectivity index (χ4v) is 2.09. The molecule has 0 saturated heterocycles. The SMILES string of the molecule is CCn1nccc1CN(C)C(=O)Cn1cc(Cl)c(C)n1. The minimum absolute atomic E-state index is 0.0204. The number of carbonyl (C=O) groups excluding carboxylic acids is 1. The van der Waals surface area contributed by atoms with Gasteiger partial charge in [-0.1, -0.05) is 11.6 Å². The van der Waals surface area contributed by atoms with E-state index in [9.17, 15) is 4.79 Å².